The Hall–Kier alpha value is -0.260. The van der Waals surface area contributed by atoms with Gasteiger partial charge in [0, 0.05) is 43.7 Å². The van der Waals surface area contributed by atoms with E-state index in [1.807, 2.05) is 11.8 Å². The van der Waals surface area contributed by atoms with Gasteiger partial charge in [0.25, 0.3) is 0 Å². The molecule has 0 aromatic rings. The molecular weight excluding hydrogens is 258 g/mol. The topological polar surface area (TPSA) is 44.4 Å². The summed E-state index contributed by atoms with van der Waals surface area (Å²) in [5.74, 6) is 2.67. The number of amides is 1. The Morgan fingerprint density at radius 1 is 1.16 bits per heavy atom. The van der Waals surface area contributed by atoms with Crippen molar-refractivity contribution in [2.24, 2.45) is 0 Å². The van der Waals surface area contributed by atoms with Gasteiger partial charge in [0.2, 0.25) is 5.91 Å². The van der Waals surface area contributed by atoms with Crippen LogP contribution >= 0.6 is 11.8 Å². The highest BCUT2D eigenvalue weighted by atomic mass is 32.2. The van der Waals surface area contributed by atoms with Crippen LogP contribution in [0.5, 0.6) is 0 Å². The van der Waals surface area contributed by atoms with E-state index in [0.29, 0.717) is 12.6 Å². The summed E-state index contributed by atoms with van der Waals surface area (Å²) < 4.78 is 0. The third-order valence-corrected chi connectivity index (χ3v) is 4.91. The van der Waals surface area contributed by atoms with Gasteiger partial charge in [0.05, 0.1) is 6.54 Å². The SMILES string of the molecule is O=C(CNCCN1CCSCC1)NC1CCCCC1. The van der Waals surface area contributed by atoms with Crippen molar-refractivity contribution < 1.29 is 4.79 Å². The average molecular weight is 285 g/mol. The lowest BCUT2D eigenvalue weighted by Gasteiger charge is -2.26. The van der Waals surface area contributed by atoms with Gasteiger partial charge in [-0.15, -0.1) is 0 Å². The Morgan fingerprint density at radius 3 is 2.63 bits per heavy atom. The molecule has 2 fully saturated rings. The maximum Gasteiger partial charge on any atom is 0.234 e. The van der Waals surface area contributed by atoms with E-state index in [2.05, 4.69) is 15.5 Å². The Balaban J connectivity index is 1.48. The fraction of sp³-hybridized carbons (Fsp3) is 0.929. The summed E-state index contributed by atoms with van der Waals surface area (Å²) in [6.07, 6.45) is 6.20. The molecule has 5 heteroatoms. The molecule has 1 aliphatic heterocycles. The fourth-order valence-electron chi connectivity index (χ4n) is 2.79. The van der Waals surface area contributed by atoms with Crippen molar-refractivity contribution in [1.82, 2.24) is 15.5 Å². The molecule has 1 saturated carbocycles. The number of carbonyl (C=O) groups is 1. The van der Waals surface area contributed by atoms with E-state index >= 15 is 0 Å². The largest absolute Gasteiger partial charge is 0.352 e. The van der Waals surface area contributed by atoms with Crippen LogP contribution in [0.1, 0.15) is 32.1 Å². The third-order valence-electron chi connectivity index (χ3n) is 3.96. The third kappa shape index (κ3) is 6.15. The lowest BCUT2D eigenvalue weighted by atomic mass is 9.95. The first-order valence-electron chi connectivity index (χ1n) is 7.65. The van der Waals surface area contributed by atoms with Gasteiger partial charge >= 0.3 is 0 Å². The van der Waals surface area contributed by atoms with Gasteiger partial charge in [-0.1, -0.05) is 19.3 Å². The van der Waals surface area contributed by atoms with Crippen LogP contribution in [0.2, 0.25) is 0 Å². The summed E-state index contributed by atoms with van der Waals surface area (Å²) in [6.45, 7) is 4.85. The van der Waals surface area contributed by atoms with E-state index in [-0.39, 0.29) is 5.91 Å². The normalized spacial score (nSPS) is 22.3. The van der Waals surface area contributed by atoms with Crippen molar-refractivity contribution in [3.63, 3.8) is 0 Å². The number of nitrogens with zero attached hydrogens (tertiary/aromatic N) is 1. The molecule has 19 heavy (non-hydrogen) atoms. The molecule has 0 aromatic carbocycles. The standard InChI is InChI=1S/C14H27N3OS/c18-14(16-13-4-2-1-3-5-13)12-15-6-7-17-8-10-19-11-9-17/h13,15H,1-12H2,(H,16,18). The van der Waals surface area contributed by atoms with Crippen LogP contribution < -0.4 is 10.6 Å². The number of carbonyl (C=O) groups excluding carboxylic acids is 1. The molecule has 110 valence electrons. The molecule has 2 rings (SSSR count). The zero-order chi connectivity index (χ0) is 13.3. The number of thioether (sulfide) groups is 1. The predicted octanol–water partition coefficient (Wildman–Crippen LogP) is 1.07. The van der Waals surface area contributed by atoms with Gasteiger partial charge in [-0.2, -0.15) is 11.8 Å². The van der Waals surface area contributed by atoms with Crippen LogP contribution in [-0.2, 0) is 4.79 Å². The second kappa shape index (κ2) is 8.82. The van der Waals surface area contributed by atoms with Crippen molar-refractivity contribution >= 4 is 17.7 Å². The first kappa shape index (κ1) is 15.1. The van der Waals surface area contributed by atoms with E-state index in [1.54, 1.807) is 0 Å². The summed E-state index contributed by atoms with van der Waals surface area (Å²) in [7, 11) is 0. The second-order valence-electron chi connectivity index (χ2n) is 5.53. The highest BCUT2D eigenvalue weighted by molar-refractivity contribution is 7.99. The van der Waals surface area contributed by atoms with Gasteiger partial charge in [-0.25, -0.2) is 0 Å². The molecule has 1 amide bonds. The van der Waals surface area contributed by atoms with Crippen molar-refractivity contribution in [3.8, 4) is 0 Å². The van der Waals surface area contributed by atoms with Gasteiger partial charge < -0.3 is 15.5 Å². The predicted molar refractivity (Wildman–Crippen MR) is 81.7 cm³/mol. The zero-order valence-corrected chi connectivity index (χ0v) is 12.6. The van der Waals surface area contributed by atoms with Crippen LogP contribution in [0.15, 0.2) is 0 Å². The molecule has 0 bridgehead atoms. The van der Waals surface area contributed by atoms with E-state index in [4.69, 9.17) is 0 Å². The Bertz CT molecular complexity index is 263. The minimum Gasteiger partial charge on any atom is -0.352 e. The minimum absolute atomic E-state index is 0.168. The minimum atomic E-state index is 0.168. The summed E-state index contributed by atoms with van der Waals surface area (Å²) in [4.78, 5) is 14.2. The molecular formula is C14H27N3OS. The van der Waals surface area contributed by atoms with Crippen LogP contribution in [0.3, 0.4) is 0 Å². The van der Waals surface area contributed by atoms with E-state index < -0.39 is 0 Å². The Kier molecular flexibility index (Phi) is 7.03. The van der Waals surface area contributed by atoms with E-state index in [0.717, 1.165) is 25.9 Å². The van der Waals surface area contributed by atoms with Crippen molar-refractivity contribution in [2.45, 2.75) is 38.1 Å². The fourth-order valence-corrected chi connectivity index (χ4v) is 3.77. The Labute approximate surface area is 121 Å². The van der Waals surface area contributed by atoms with Crippen molar-refractivity contribution in [3.05, 3.63) is 0 Å². The van der Waals surface area contributed by atoms with Crippen molar-refractivity contribution in [2.75, 3.05) is 44.2 Å². The number of rotatable bonds is 6. The van der Waals surface area contributed by atoms with Gasteiger partial charge in [0.15, 0.2) is 0 Å². The first-order valence-corrected chi connectivity index (χ1v) is 8.80. The number of hydrogen-bond acceptors (Lipinski definition) is 4. The number of nitrogens with one attached hydrogen (secondary N) is 2. The molecule has 2 N–H and O–H groups in total. The molecule has 2 aliphatic rings. The maximum atomic E-state index is 11.8. The molecule has 0 atom stereocenters. The lowest BCUT2D eigenvalue weighted by molar-refractivity contribution is -0.121. The van der Waals surface area contributed by atoms with Crippen LogP contribution in [-0.4, -0.2) is 61.1 Å². The van der Waals surface area contributed by atoms with Crippen LogP contribution in [0, 0.1) is 0 Å². The van der Waals surface area contributed by atoms with Crippen LogP contribution in [0.25, 0.3) is 0 Å². The molecule has 0 radical (unpaired) electrons. The van der Waals surface area contributed by atoms with E-state index in [1.165, 1.54) is 43.9 Å². The molecule has 0 spiro atoms. The zero-order valence-electron chi connectivity index (χ0n) is 11.8. The lowest BCUT2D eigenvalue weighted by Crippen LogP contribution is -2.43. The van der Waals surface area contributed by atoms with E-state index in [9.17, 15) is 4.79 Å². The molecule has 1 saturated heterocycles. The first-order chi connectivity index (χ1) is 9.34. The summed E-state index contributed by atoms with van der Waals surface area (Å²) >= 11 is 2.04. The monoisotopic (exact) mass is 285 g/mol. The smallest absolute Gasteiger partial charge is 0.234 e. The molecule has 0 aromatic heterocycles. The number of hydrogen-bond donors (Lipinski definition) is 2. The van der Waals surface area contributed by atoms with Gasteiger partial charge in [-0.05, 0) is 12.8 Å². The molecule has 4 nitrogen and oxygen atoms in total. The highest BCUT2D eigenvalue weighted by Gasteiger charge is 2.15. The van der Waals surface area contributed by atoms with Gasteiger partial charge in [-0.3, -0.25) is 4.79 Å². The Morgan fingerprint density at radius 2 is 1.89 bits per heavy atom. The molecule has 0 unspecified atom stereocenters. The summed E-state index contributed by atoms with van der Waals surface area (Å²) in [5.41, 5.74) is 0. The maximum absolute atomic E-state index is 11.8. The molecule has 1 aliphatic carbocycles. The summed E-state index contributed by atoms with van der Waals surface area (Å²) in [6, 6.07) is 0.433. The van der Waals surface area contributed by atoms with Gasteiger partial charge in [0.1, 0.15) is 0 Å². The summed E-state index contributed by atoms with van der Waals surface area (Å²) in [5, 5.41) is 6.40. The average Bonchev–Trinajstić information content (AvgIpc) is 2.46. The molecule has 1 heterocycles. The van der Waals surface area contributed by atoms with Crippen LogP contribution in [0.4, 0.5) is 0 Å². The highest BCUT2D eigenvalue weighted by Crippen LogP contribution is 2.17. The second-order valence-corrected chi connectivity index (χ2v) is 6.76. The van der Waals surface area contributed by atoms with Crippen molar-refractivity contribution in [1.29, 1.82) is 0 Å². The quantitative estimate of drug-likeness (QED) is 0.717.